The van der Waals surface area contributed by atoms with Crippen LogP contribution in [0.3, 0.4) is 0 Å². The molecule has 1 aliphatic carbocycles. The second kappa shape index (κ2) is 12.4. The molecule has 6 heteroatoms. The van der Waals surface area contributed by atoms with Crippen LogP contribution in [0.4, 0.5) is 0 Å². The molecule has 1 aromatic heterocycles. The van der Waals surface area contributed by atoms with Gasteiger partial charge in [0.05, 0.1) is 6.54 Å². The quantitative estimate of drug-likeness (QED) is 0.452. The van der Waals surface area contributed by atoms with Crippen LogP contribution in [0.25, 0.3) is 0 Å². The smallest absolute Gasteiger partial charge is 0.306 e. The third kappa shape index (κ3) is 10.6. The van der Waals surface area contributed by atoms with E-state index in [0.717, 1.165) is 31.7 Å². The van der Waals surface area contributed by atoms with E-state index in [4.69, 9.17) is 9.26 Å². The number of carbonyl (C=O) groups excluding carboxylic acids is 1. The molecule has 1 heterocycles. The molecule has 0 aromatic carbocycles. The maximum atomic E-state index is 12.2. The lowest BCUT2D eigenvalue weighted by Gasteiger charge is -2.24. The normalized spacial score (nSPS) is 16.7. The fourth-order valence-corrected chi connectivity index (χ4v) is 4.17. The zero-order valence-electron chi connectivity index (χ0n) is 19.8. The highest BCUT2D eigenvalue weighted by molar-refractivity contribution is 5.69. The van der Waals surface area contributed by atoms with Crippen LogP contribution in [0.1, 0.15) is 104 Å². The summed E-state index contributed by atoms with van der Waals surface area (Å²) >= 11 is 0. The monoisotopic (exact) mass is 421 g/mol. The average Bonchev–Trinajstić information content (AvgIpc) is 3.10. The first kappa shape index (κ1) is 24.8. The van der Waals surface area contributed by atoms with Gasteiger partial charge in [0, 0.05) is 12.8 Å². The molecule has 1 fully saturated rings. The molecule has 0 saturated heterocycles. The van der Waals surface area contributed by atoms with Crippen molar-refractivity contribution in [2.24, 2.45) is 17.8 Å². The van der Waals surface area contributed by atoms with Crippen molar-refractivity contribution in [2.75, 3.05) is 6.54 Å². The molecule has 6 nitrogen and oxygen atoms in total. The summed E-state index contributed by atoms with van der Waals surface area (Å²) in [6, 6.07) is 0. The second-order valence-electron chi connectivity index (χ2n) is 10.4. The molecular weight excluding hydrogens is 378 g/mol. The molecular formula is C24H43N3O3. The van der Waals surface area contributed by atoms with Gasteiger partial charge in [0.25, 0.3) is 0 Å². The van der Waals surface area contributed by atoms with Crippen LogP contribution >= 0.6 is 0 Å². The Balaban J connectivity index is 1.87. The molecule has 30 heavy (non-hydrogen) atoms. The zero-order chi connectivity index (χ0) is 22.0. The van der Waals surface area contributed by atoms with Gasteiger partial charge in [0.15, 0.2) is 5.82 Å². The highest BCUT2D eigenvalue weighted by atomic mass is 16.6. The van der Waals surface area contributed by atoms with Gasteiger partial charge in [-0.05, 0) is 57.9 Å². The van der Waals surface area contributed by atoms with Crippen molar-refractivity contribution >= 4 is 5.97 Å². The van der Waals surface area contributed by atoms with Gasteiger partial charge in [0.1, 0.15) is 5.60 Å². The predicted molar refractivity (Wildman–Crippen MR) is 119 cm³/mol. The van der Waals surface area contributed by atoms with E-state index in [9.17, 15) is 4.79 Å². The molecule has 1 aromatic rings. The summed E-state index contributed by atoms with van der Waals surface area (Å²) < 4.78 is 11.0. The number of nitrogens with one attached hydrogen (secondary N) is 1. The number of ether oxygens (including phenoxy) is 1. The van der Waals surface area contributed by atoms with Crippen molar-refractivity contribution in [1.82, 2.24) is 15.5 Å². The topological polar surface area (TPSA) is 77.2 Å². The van der Waals surface area contributed by atoms with Gasteiger partial charge in [-0.3, -0.25) is 4.79 Å². The van der Waals surface area contributed by atoms with Crippen LogP contribution in [0.5, 0.6) is 0 Å². The Bertz CT molecular complexity index is 615. The summed E-state index contributed by atoms with van der Waals surface area (Å²) in [5.74, 6) is 3.08. The van der Waals surface area contributed by atoms with Crippen LogP contribution in [0.2, 0.25) is 0 Å². The molecule has 1 unspecified atom stereocenters. The Labute approximate surface area is 182 Å². The van der Waals surface area contributed by atoms with E-state index in [-0.39, 0.29) is 5.97 Å². The molecule has 1 saturated carbocycles. The lowest BCUT2D eigenvalue weighted by atomic mass is 9.82. The molecule has 2 rings (SSSR count). The third-order valence-corrected chi connectivity index (χ3v) is 5.69. The summed E-state index contributed by atoms with van der Waals surface area (Å²) in [6.07, 6.45) is 11.2. The van der Waals surface area contributed by atoms with E-state index < -0.39 is 5.60 Å². The Morgan fingerprint density at radius 2 is 1.93 bits per heavy atom. The van der Waals surface area contributed by atoms with E-state index in [2.05, 4.69) is 29.3 Å². The number of esters is 1. The Morgan fingerprint density at radius 1 is 1.20 bits per heavy atom. The molecule has 0 amide bonds. The van der Waals surface area contributed by atoms with Crippen LogP contribution < -0.4 is 5.32 Å². The van der Waals surface area contributed by atoms with Crippen molar-refractivity contribution < 1.29 is 14.1 Å². The fraction of sp³-hybridized carbons (Fsp3) is 0.875. The van der Waals surface area contributed by atoms with Crippen molar-refractivity contribution in [3.05, 3.63) is 11.7 Å². The molecule has 172 valence electrons. The maximum absolute atomic E-state index is 12.2. The number of aromatic nitrogens is 2. The number of rotatable bonds is 12. The Morgan fingerprint density at radius 3 is 2.60 bits per heavy atom. The molecule has 1 N–H and O–H groups in total. The summed E-state index contributed by atoms with van der Waals surface area (Å²) in [7, 11) is 0. The van der Waals surface area contributed by atoms with Crippen molar-refractivity contribution in [2.45, 2.75) is 111 Å². The fourth-order valence-electron chi connectivity index (χ4n) is 4.17. The van der Waals surface area contributed by atoms with E-state index in [1.807, 2.05) is 20.8 Å². The molecule has 1 atom stereocenters. The number of hydrogen-bond acceptors (Lipinski definition) is 6. The Hall–Kier alpha value is -1.43. The highest BCUT2D eigenvalue weighted by Gasteiger charge is 2.22. The summed E-state index contributed by atoms with van der Waals surface area (Å²) in [4.78, 5) is 16.8. The van der Waals surface area contributed by atoms with E-state index >= 15 is 0 Å². The van der Waals surface area contributed by atoms with Gasteiger partial charge in [-0.15, -0.1) is 0 Å². The van der Waals surface area contributed by atoms with Gasteiger partial charge in [-0.2, -0.15) is 4.98 Å². The second-order valence-corrected chi connectivity index (χ2v) is 10.4. The largest absolute Gasteiger partial charge is 0.460 e. The van der Waals surface area contributed by atoms with E-state index in [1.54, 1.807) is 0 Å². The summed E-state index contributed by atoms with van der Waals surface area (Å²) in [5, 5.41) is 7.47. The third-order valence-electron chi connectivity index (χ3n) is 5.69. The first-order chi connectivity index (χ1) is 14.2. The van der Waals surface area contributed by atoms with Crippen LogP contribution in [0, 0.1) is 17.8 Å². The van der Waals surface area contributed by atoms with Crippen LogP contribution in [-0.4, -0.2) is 28.3 Å². The lowest BCUT2D eigenvalue weighted by molar-refractivity contribution is -0.155. The number of nitrogens with zero attached hydrogens (tertiary/aromatic N) is 2. The minimum absolute atomic E-state index is 0.116. The summed E-state index contributed by atoms with van der Waals surface area (Å²) in [5.41, 5.74) is -0.431. The van der Waals surface area contributed by atoms with Crippen LogP contribution in [0.15, 0.2) is 4.52 Å². The van der Waals surface area contributed by atoms with Crippen molar-refractivity contribution in [1.29, 1.82) is 0 Å². The first-order valence-corrected chi connectivity index (χ1v) is 12.0. The SMILES string of the molecule is CC(C)CNCc1noc(CC(CCC(=O)OC(C)(C)C)CCC2CCCCC2)n1. The number of hydrogen-bond donors (Lipinski definition) is 1. The van der Waals surface area contributed by atoms with Crippen LogP contribution in [-0.2, 0) is 22.5 Å². The van der Waals surface area contributed by atoms with Crippen molar-refractivity contribution in [3.8, 4) is 0 Å². The zero-order valence-corrected chi connectivity index (χ0v) is 19.8. The molecule has 1 aliphatic rings. The number of carbonyl (C=O) groups is 1. The van der Waals surface area contributed by atoms with Gasteiger partial charge in [0.2, 0.25) is 5.89 Å². The van der Waals surface area contributed by atoms with Crippen molar-refractivity contribution in [3.63, 3.8) is 0 Å². The van der Waals surface area contributed by atoms with Gasteiger partial charge >= 0.3 is 5.97 Å². The molecule has 0 aliphatic heterocycles. The van der Waals surface area contributed by atoms with Gasteiger partial charge < -0.3 is 14.6 Å². The molecule has 0 spiro atoms. The highest BCUT2D eigenvalue weighted by Crippen LogP contribution is 2.30. The lowest BCUT2D eigenvalue weighted by Crippen LogP contribution is -2.24. The van der Waals surface area contributed by atoms with Gasteiger partial charge in [-0.1, -0.05) is 57.5 Å². The summed E-state index contributed by atoms with van der Waals surface area (Å²) in [6.45, 7) is 11.7. The van der Waals surface area contributed by atoms with E-state index in [0.29, 0.717) is 36.5 Å². The van der Waals surface area contributed by atoms with E-state index in [1.165, 1.54) is 38.5 Å². The minimum Gasteiger partial charge on any atom is -0.460 e. The molecule has 0 radical (unpaired) electrons. The predicted octanol–water partition coefficient (Wildman–Crippen LogP) is 5.46. The average molecular weight is 422 g/mol. The minimum atomic E-state index is -0.431. The Kier molecular flexibility index (Phi) is 10.3. The molecule has 0 bridgehead atoms. The first-order valence-electron chi connectivity index (χ1n) is 12.0. The van der Waals surface area contributed by atoms with Gasteiger partial charge in [-0.25, -0.2) is 0 Å². The maximum Gasteiger partial charge on any atom is 0.306 e. The standard InChI is InChI=1S/C24H43N3O3/c1-18(2)16-25-17-21-26-22(30-27-21)15-20(12-11-19-9-7-6-8-10-19)13-14-23(28)29-24(3,4)5/h18-20,25H,6-17H2,1-5H3.